The number of nitrogens with two attached hydrogens (primary N) is 1. The topological polar surface area (TPSA) is 55.1 Å². The van der Waals surface area contributed by atoms with Gasteiger partial charge in [0.15, 0.2) is 0 Å². The Morgan fingerprint density at radius 2 is 1.95 bits per heavy atom. The van der Waals surface area contributed by atoms with Crippen LogP contribution in [0.25, 0.3) is 0 Å². The van der Waals surface area contributed by atoms with Gasteiger partial charge in [-0.1, -0.05) is 30.0 Å². The van der Waals surface area contributed by atoms with Crippen molar-refractivity contribution in [3.8, 4) is 11.8 Å². The molecule has 3 N–H and O–H groups in total. The second-order valence-corrected chi connectivity index (χ2v) is 4.81. The Hall–Kier alpha value is -2.57. The molecule has 0 radical (unpaired) electrons. The Morgan fingerprint density at radius 1 is 1.19 bits per heavy atom. The van der Waals surface area contributed by atoms with Crippen molar-refractivity contribution in [2.45, 2.75) is 13.8 Å². The van der Waals surface area contributed by atoms with E-state index < -0.39 is 0 Å². The zero-order valence-corrected chi connectivity index (χ0v) is 12.2. The minimum atomic E-state index is -0.130. The number of aryl methyl sites for hydroxylation is 1. The molecule has 3 heteroatoms. The molecule has 0 aromatic heterocycles. The fraction of sp³-hybridized carbons (Fsp3) is 0.167. The van der Waals surface area contributed by atoms with Crippen LogP contribution in [0.3, 0.4) is 0 Å². The molecule has 3 nitrogen and oxygen atoms in total. The zero-order chi connectivity index (χ0) is 15.2. The lowest BCUT2D eigenvalue weighted by Crippen LogP contribution is -2.14. The normalized spacial score (nSPS) is 9.67. The summed E-state index contributed by atoms with van der Waals surface area (Å²) in [5, 5.41) is 2.91. The maximum absolute atomic E-state index is 12.4. The van der Waals surface area contributed by atoms with Crippen LogP contribution in [0.1, 0.15) is 27.0 Å². The molecule has 0 aliphatic rings. The van der Waals surface area contributed by atoms with Crippen LogP contribution in [0.15, 0.2) is 42.5 Å². The first-order chi connectivity index (χ1) is 10.1. The summed E-state index contributed by atoms with van der Waals surface area (Å²) in [6.07, 6.45) is 0. The van der Waals surface area contributed by atoms with Crippen molar-refractivity contribution in [1.29, 1.82) is 0 Å². The SMILES string of the molecule is Cc1cccc(NC(=O)c2cccc(C#CCN)c2C)c1. The van der Waals surface area contributed by atoms with E-state index in [9.17, 15) is 4.79 Å². The lowest BCUT2D eigenvalue weighted by molar-refractivity contribution is 0.102. The first-order valence-electron chi connectivity index (χ1n) is 6.78. The van der Waals surface area contributed by atoms with Gasteiger partial charge in [0.05, 0.1) is 6.54 Å². The van der Waals surface area contributed by atoms with E-state index in [0.717, 1.165) is 22.4 Å². The highest BCUT2D eigenvalue weighted by Crippen LogP contribution is 2.16. The number of carbonyl (C=O) groups excluding carboxylic acids is 1. The molecule has 0 saturated heterocycles. The lowest BCUT2D eigenvalue weighted by Gasteiger charge is -2.09. The number of nitrogens with one attached hydrogen (secondary N) is 1. The van der Waals surface area contributed by atoms with Crippen LogP contribution in [0.5, 0.6) is 0 Å². The molecular formula is C18H18N2O. The van der Waals surface area contributed by atoms with Gasteiger partial charge in [0.2, 0.25) is 0 Å². The number of hydrogen-bond acceptors (Lipinski definition) is 2. The minimum Gasteiger partial charge on any atom is -0.322 e. The highest BCUT2D eigenvalue weighted by molar-refractivity contribution is 6.05. The Morgan fingerprint density at radius 3 is 2.67 bits per heavy atom. The number of rotatable bonds is 2. The molecule has 21 heavy (non-hydrogen) atoms. The average molecular weight is 278 g/mol. The predicted molar refractivity (Wildman–Crippen MR) is 86.2 cm³/mol. The fourth-order valence-corrected chi connectivity index (χ4v) is 2.08. The molecule has 0 spiro atoms. The Labute approximate surface area is 125 Å². The van der Waals surface area contributed by atoms with Gasteiger partial charge in [-0.2, -0.15) is 0 Å². The molecule has 0 heterocycles. The molecule has 0 atom stereocenters. The third kappa shape index (κ3) is 3.71. The van der Waals surface area contributed by atoms with Gasteiger partial charge in [0.1, 0.15) is 0 Å². The van der Waals surface area contributed by atoms with Crippen LogP contribution in [0.2, 0.25) is 0 Å². The minimum absolute atomic E-state index is 0.130. The largest absolute Gasteiger partial charge is 0.322 e. The summed E-state index contributed by atoms with van der Waals surface area (Å²) in [5.41, 5.74) is 9.60. The van der Waals surface area contributed by atoms with E-state index in [1.54, 1.807) is 6.07 Å². The second kappa shape index (κ2) is 6.74. The quantitative estimate of drug-likeness (QED) is 0.830. The second-order valence-electron chi connectivity index (χ2n) is 4.81. The molecule has 0 aliphatic heterocycles. The molecule has 2 rings (SSSR count). The molecule has 106 valence electrons. The van der Waals surface area contributed by atoms with Gasteiger partial charge in [-0.05, 0) is 49.2 Å². The van der Waals surface area contributed by atoms with Gasteiger partial charge in [-0.25, -0.2) is 0 Å². The van der Waals surface area contributed by atoms with Gasteiger partial charge in [-0.15, -0.1) is 0 Å². The van der Waals surface area contributed by atoms with Crippen LogP contribution >= 0.6 is 0 Å². The lowest BCUT2D eigenvalue weighted by atomic mass is 10.0. The number of carbonyl (C=O) groups is 1. The monoisotopic (exact) mass is 278 g/mol. The zero-order valence-electron chi connectivity index (χ0n) is 12.2. The number of anilines is 1. The van der Waals surface area contributed by atoms with E-state index in [-0.39, 0.29) is 5.91 Å². The summed E-state index contributed by atoms with van der Waals surface area (Å²) < 4.78 is 0. The van der Waals surface area contributed by atoms with Crippen molar-refractivity contribution in [3.05, 3.63) is 64.7 Å². The first kappa shape index (κ1) is 14.8. The van der Waals surface area contributed by atoms with Crippen LogP contribution in [-0.2, 0) is 0 Å². The third-order valence-corrected chi connectivity index (χ3v) is 3.18. The molecule has 0 bridgehead atoms. The molecular weight excluding hydrogens is 260 g/mol. The van der Waals surface area contributed by atoms with Crippen LogP contribution in [-0.4, -0.2) is 12.5 Å². The smallest absolute Gasteiger partial charge is 0.255 e. The molecule has 0 unspecified atom stereocenters. The number of amides is 1. The van der Waals surface area contributed by atoms with Crippen LogP contribution in [0.4, 0.5) is 5.69 Å². The van der Waals surface area contributed by atoms with Gasteiger partial charge in [-0.3, -0.25) is 4.79 Å². The van der Waals surface area contributed by atoms with Crippen molar-refractivity contribution in [1.82, 2.24) is 0 Å². The molecule has 0 fully saturated rings. The molecule has 2 aromatic rings. The van der Waals surface area contributed by atoms with Crippen molar-refractivity contribution in [2.24, 2.45) is 5.73 Å². The molecule has 2 aromatic carbocycles. The highest BCUT2D eigenvalue weighted by atomic mass is 16.1. The van der Waals surface area contributed by atoms with Crippen molar-refractivity contribution in [2.75, 3.05) is 11.9 Å². The summed E-state index contributed by atoms with van der Waals surface area (Å²) in [5.74, 6) is 5.67. The first-order valence-corrected chi connectivity index (χ1v) is 6.78. The van der Waals surface area contributed by atoms with Crippen molar-refractivity contribution < 1.29 is 4.79 Å². The van der Waals surface area contributed by atoms with Gasteiger partial charge >= 0.3 is 0 Å². The van der Waals surface area contributed by atoms with Crippen molar-refractivity contribution >= 4 is 11.6 Å². The Bertz CT molecular complexity index is 723. The van der Waals surface area contributed by atoms with Crippen LogP contribution < -0.4 is 11.1 Å². The number of benzene rings is 2. The highest BCUT2D eigenvalue weighted by Gasteiger charge is 2.11. The molecule has 0 aliphatic carbocycles. The molecule has 1 amide bonds. The summed E-state index contributed by atoms with van der Waals surface area (Å²) in [6, 6.07) is 13.2. The summed E-state index contributed by atoms with van der Waals surface area (Å²) >= 11 is 0. The maximum Gasteiger partial charge on any atom is 0.255 e. The standard InChI is InChI=1S/C18H18N2O/c1-13-6-3-9-16(12-13)20-18(21)17-10-4-7-15(14(17)2)8-5-11-19/h3-4,6-7,9-10,12H,11,19H2,1-2H3,(H,20,21). The summed E-state index contributed by atoms with van der Waals surface area (Å²) in [4.78, 5) is 12.4. The Balaban J connectivity index is 2.27. The van der Waals surface area contributed by atoms with E-state index >= 15 is 0 Å². The number of hydrogen-bond donors (Lipinski definition) is 2. The van der Waals surface area contributed by atoms with E-state index in [1.165, 1.54) is 0 Å². The van der Waals surface area contributed by atoms with Gasteiger partial charge < -0.3 is 11.1 Å². The van der Waals surface area contributed by atoms with Crippen LogP contribution in [0, 0.1) is 25.7 Å². The van der Waals surface area contributed by atoms with E-state index in [1.807, 2.05) is 50.2 Å². The van der Waals surface area contributed by atoms with Crippen molar-refractivity contribution in [3.63, 3.8) is 0 Å². The maximum atomic E-state index is 12.4. The summed E-state index contributed by atoms with van der Waals surface area (Å²) in [7, 11) is 0. The summed E-state index contributed by atoms with van der Waals surface area (Å²) in [6.45, 7) is 4.19. The average Bonchev–Trinajstić information content (AvgIpc) is 2.46. The fourth-order valence-electron chi connectivity index (χ4n) is 2.08. The predicted octanol–water partition coefficient (Wildman–Crippen LogP) is 2.87. The van der Waals surface area contributed by atoms with Gasteiger partial charge in [0, 0.05) is 16.8 Å². The Kier molecular flexibility index (Phi) is 4.76. The van der Waals surface area contributed by atoms with Gasteiger partial charge in [0.25, 0.3) is 5.91 Å². The van der Waals surface area contributed by atoms with E-state index in [4.69, 9.17) is 5.73 Å². The van der Waals surface area contributed by atoms with E-state index in [2.05, 4.69) is 17.2 Å². The molecule has 0 saturated carbocycles. The van der Waals surface area contributed by atoms with E-state index in [0.29, 0.717) is 12.1 Å². The third-order valence-electron chi connectivity index (χ3n) is 3.18.